The molecule has 3 heterocycles. The predicted molar refractivity (Wildman–Crippen MR) is 138 cm³/mol. The number of carbonyl (C=O) groups is 3. The van der Waals surface area contributed by atoms with Crippen LogP contribution in [0.25, 0.3) is 10.9 Å². The smallest absolute Gasteiger partial charge is 0.252 e. The van der Waals surface area contributed by atoms with Gasteiger partial charge in [-0.2, -0.15) is 0 Å². The van der Waals surface area contributed by atoms with Gasteiger partial charge in [-0.25, -0.2) is 8.78 Å². The van der Waals surface area contributed by atoms with E-state index >= 15 is 0 Å². The summed E-state index contributed by atoms with van der Waals surface area (Å²) >= 11 is 0. The molecule has 2 aliphatic rings. The Morgan fingerprint density at radius 3 is 2.79 bits per heavy atom. The molecule has 0 saturated carbocycles. The molecule has 3 atom stereocenters. The average molecular weight is 517 g/mol. The molecule has 9 heteroatoms. The van der Waals surface area contributed by atoms with Gasteiger partial charge in [-0.3, -0.25) is 19.4 Å². The van der Waals surface area contributed by atoms with E-state index in [1.165, 1.54) is 31.0 Å². The standard InChI is InChI=1S/C29H26F2N4O3/c1-4-19-14-29(20-9-5-6-10-22(20)34-27(29)38)16-35(19)26(37)23(15-28(2,3)31)33-25(36)18-12-17-8-7-11-32-24(17)21(30)13-18/h1,5-13,19,23H,14-16H2,2-3H3,(H,33,36)(H,34,38)/t19-,23?,29+/m1/s1. The Balaban J connectivity index is 1.45. The highest BCUT2D eigenvalue weighted by molar-refractivity contribution is 6.07. The van der Waals surface area contributed by atoms with E-state index in [4.69, 9.17) is 6.42 Å². The molecule has 2 N–H and O–H groups in total. The van der Waals surface area contributed by atoms with Gasteiger partial charge in [0.15, 0.2) is 0 Å². The van der Waals surface area contributed by atoms with Gasteiger partial charge in [-0.05, 0) is 50.1 Å². The normalized spacial score (nSPS) is 21.2. The number of para-hydroxylation sites is 1. The lowest BCUT2D eigenvalue weighted by molar-refractivity contribution is -0.134. The summed E-state index contributed by atoms with van der Waals surface area (Å²) in [5, 5.41) is 5.85. The van der Waals surface area contributed by atoms with Gasteiger partial charge in [-0.1, -0.05) is 30.2 Å². The van der Waals surface area contributed by atoms with Crippen LogP contribution in [0.5, 0.6) is 0 Å². The number of amides is 3. The number of carbonyl (C=O) groups excluding carboxylic acids is 3. The molecule has 0 aliphatic carbocycles. The summed E-state index contributed by atoms with van der Waals surface area (Å²) in [4.78, 5) is 45.4. The highest BCUT2D eigenvalue weighted by Gasteiger charge is 2.56. The lowest BCUT2D eigenvalue weighted by atomic mass is 9.79. The van der Waals surface area contributed by atoms with E-state index in [1.807, 2.05) is 12.1 Å². The summed E-state index contributed by atoms with van der Waals surface area (Å²) in [5.41, 5.74) is -1.40. The molecule has 38 heavy (non-hydrogen) atoms. The number of hydrogen-bond acceptors (Lipinski definition) is 4. The summed E-state index contributed by atoms with van der Waals surface area (Å²) in [7, 11) is 0. The van der Waals surface area contributed by atoms with E-state index in [-0.39, 0.29) is 36.4 Å². The van der Waals surface area contributed by atoms with Crippen molar-refractivity contribution in [3.05, 3.63) is 71.7 Å². The van der Waals surface area contributed by atoms with Crippen LogP contribution in [-0.2, 0) is 15.0 Å². The third-order valence-electron chi connectivity index (χ3n) is 7.17. The zero-order valence-electron chi connectivity index (χ0n) is 20.9. The Morgan fingerprint density at radius 2 is 2.05 bits per heavy atom. The maximum Gasteiger partial charge on any atom is 0.252 e. The number of fused-ring (bicyclic) bond motifs is 3. The highest BCUT2D eigenvalue weighted by Crippen LogP contribution is 2.46. The average Bonchev–Trinajstić information content (AvgIpc) is 3.40. The second-order valence-corrected chi connectivity index (χ2v) is 10.4. The minimum absolute atomic E-state index is 0.0150. The second kappa shape index (κ2) is 9.21. The molecule has 1 fully saturated rings. The van der Waals surface area contributed by atoms with E-state index in [9.17, 15) is 23.2 Å². The third kappa shape index (κ3) is 4.36. The zero-order chi connectivity index (χ0) is 27.2. The number of hydrogen-bond donors (Lipinski definition) is 2. The van der Waals surface area contributed by atoms with Gasteiger partial charge < -0.3 is 15.5 Å². The van der Waals surface area contributed by atoms with Crippen LogP contribution >= 0.6 is 0 Å². The number of alkyl halides is 1. The maximum absolute atomic E-state index is 14.8. The summed E-state index contributed by atoms with van der Waals surface area (Å²) in [6.07, 6.45) is 7.07. The van der Waals surface area contributed by atoms with Crippen LogP contribution < -0.4 is 10.6 Å². The molecule has 0 radical (unpaired) electrons. The monoisotopic (exact) mass is 516 g/mol. The number of aromatic nitrogens is 1. The van der Waals surface area contributed by atoms with Crippen molar-refractivity contribution in [2.45, 2.75) is 49.9 Å². The number of anilines is 1. The van der Waals surface area contributed by atoms with Crippen molar-refractivity contribution < 1.29 is 23.2 Å². The van der Waals surface area contributed by atoms with E-state index in [1.54, 1.807) is 24.3 Å². The van der Waals surface area contributed by atoms with Crippen LogP contribution in [0.3, 0.4) is 0 Å². The minimum Gasteiger partial charge on any atom is -0.340 e. The molecule has 1 aromatic heterocycles. The molecule has 194 valence electrons. The number of terminal acetylenes is 1. The molecular weight excluding hydrogens is 490 g/mol. The molecule has 2 aliphatic heterocycles. The Bertz CT molecular complexity index is 1510. The van der Waals surface area contributed by atoms with Crippen LogP contribution in [0.2, 0.25) is 0 Å². The van der Waals surface area contributed by atoms with Crippen molar-refractivity contribution in [1.82, 2.24) is 15.2 Å². The van der Waals surface area contributed by atoms with Crippen LogP contribution in [0.15, 0.2) is 54.7 Å². The first kappa shape index (κ1) is 25.3. The molecule has 1 spiro atoms. The SMILES string of the molecule is C#C[C@@H]1C[C@@]2(CN1C(=O)C(CC(C)(C)F)NC(=O)c1cc(F)c3ncccc3c1)C(=O)Nc1ccccc12. The Hall–Kier alpha value is -4.32. The van der Waals surface area contributed by atoms with Crippen molar-refractivity contribution in [3.8, 4) is 12.3 Å². The molecule has 2 aromatic carbocycles. The zero-order valence-corrected chi connectivity index (χ0v) is 20.9. The maximum atomic E-state index is 14.8. The Morgan fingerprint density at radius 1 is 1.29 bits per heavy atom. The van der Waals surface area contributed by atoms with E-state index in [2.05, 4.69) is 21.5 Å². The summed E-state index contributed by atoms with van der Waals surface area (Å²) in [6, 6.07) is 10.9. The fraction of sp³-hybridized carbons (Fsp3) is 0.310. The van der Waals surface area contributed by atoms with Gasteiger partial charge in [0.2, 0.25) is 11.8 Å². The molecule has 5 rings (SSSR count). The van der Waals surface area contributed by atoms with Gasteiger partial charge >= 0.3 is 0 Å². The van der Waals surface area contributed by atoms with E-state index in [0.717, 1.165) is 11.6 Å². The van der Waals surface area contributed by atoms with Crippen molar-refractivity contribution in [2.24, 2.45) is 0 Å². The molecule has 0 bridgehead atoms. The number of nitrogens with one attached hydrogen (secondary N) is 2. The van der Waals surface area contributed by atoms with Crippen molar-refractivity contribution in [2.75, 3.05) is 11.9 Å². The summed E-state index contributed by atoms with van der Waals surface area (Å²) in [5.74, 6) is 0.283. The summed E-state index contributed by atoms with van der Waals surface area (Å²) < 4.78 is 29.5. The van der Waals surface area contributed by atoms with Gasteiger partial charge in [-0.15, -0.1) is 6.42 Å². The predicted octanol–water partition coefficient (Wildman–Crippen LogP) is 3.73. The molecular formula is C29H26F2N4O3. The van der Waals surface area contributed by atoms with Crippen LogP contribution in [0.4, 0.5) is 14.5 Å². The van der Waals surface area contributed by atoms with Crippen molar-refractivity contribution >= 4 is 34.3 Å². The van der Waals surface area contributed by atoms with Crippen molar-refractivity contribution in [3.63, 3.8) is 0 Å². The minimum atomic E-state index is -1.83. The number of likely N-dealkylation sites (tertiary alicyclic amines) is 1. The molecule has 3 aromatic rings. The number of rotatable bonds is 5. The van der Waals surface area contributed by atoms with Crippen LogP contribution in [0, 0.1) is 18.2 Å². The van der Waals surface area contributed by atoms with Crippen LogP contribution in [0.1, 0.15) is 42.6 Å². The topological polar surface area (TPSA) is 91.4 Å². The Kier molecular flexibility index (Phi) is 6.14. The van der Waals surface area contributed by atoms with Gasteiger partial charge in [0, 0.05) is 35.8 Å². The number of nitrogens with zero attached hydrogens (tertiary/aromatic N) is 2. The molecule has 1 unspecified atom stereocenters. The summed E-state index contributed by atoms with van der Waals surface area (Å²) in [6.45, 7) is 2.58. The number of pyridine rings is 1. The lowest BCUT2D eigenvalue weighted by Crippen LogP contribution is -2.52. The fourth-order valence-corrected chi connectivity index (χ4v) is 5.43. The van der Waals surface area contributed by atoms with Gasteiger partial charge in [0.25, 0.3) is 5.91 Å². The quantitative estimate of drug-likeness (QED) is 0.506. The molecule has 3 amide bonds. The largest absolute Gasteiger partial charge is 0.340 e. The number of halogens is 2. The third-order valence-corrected chi connectivity index (χ3v) is 7.17. The molecule has 7 nitrogen and oxygen atoms in total. The second-order valence-electron chi connectivity index (χ2n) is 10.4. The molecule has 1 saturated heterocycles. The first-order valence-electron chi connectivity index (χ1n) is 12.2. The Labute approximate surface area is 218 Å². The van der Waals surface area contributed by atoms with E-state index in [0.29, 0.717) is 11.1 Å². The lowest BCUT2D eigenvalue weighted by Gasteiger charge is -2.30. The van der Waals surface area contributed by atoms with Gasteiger partial charge in [0.05, 0.1) is 11.5 Å². The first-order valence-corrected chi connectivity index (χ1v) is 12.2. The highest BCUT2D eigenvalue weighted by atomic mass is 19.1. The fourth-order valence-electron chi connectivity index (χ4n) is 5.43. The van der Waals surface area contributed by atoms with Crippen LogP contribution in [-0.4, -0.2) is 51.9 Å². The van der Waals surface area contributed by atoms with Gasteiger partial charge in [0.1, 0.15) is 23.0 Å². The number of benzene rings is 2. The first-order chi connectivity index (χ1) is 18.0. The van der Waals surface area contributed by atoms with E-state index < -0.39 is 40.8 Å². The van der Waals surface area contributed by atoms with Crippen molar-refractivity contribution in [1.29, 1.82) is 0 Å².